The second-order valence-corrected chi connectivity index (χ2v) is 4.32. The average Bonchev–Trinajstić information content (AvgIpc) is 2.59. The molecule has 17 heavy (non-hydrogen) atoms. The highest BCUT2D eigenvalue weighted by molar-refractivity contribution is 5.94. The Morgan fingerprint density at radius 2 is 2.18 bits per heavy atom. The largest absolute Gasteiger partial charge is 0.334 e. The van der Waals surface area contributed by atoms with Crippen molar-refractivity contribution in [3.05, 3.63) is 35.4 Å². The van der Waals surface area contributed by atoms with Gasteiger partial charge in [-0.3, -0.25) is 4.79 Å². The van der Waals surface area contributed by atoms with E-state index in [0.717, 1.165) is 6.07 Å². The predicted octanol–water partition coefficient (Wildman–Crippen LogP) is 1.53. The molecule has 1 aliphatic rings. The van der Waals surface area contributed by atoms with E-state index < -0.39 is 17.5 Å². The van der Waals surface area contributed by atoms with Crippen molar-refractivity contribution >= 4 is 5.91 Å². The molecule has 0 bridgehead atoms. The van der Waals surface area contributed by atoms with Crippen LogP contribution in [0.25, 0.3) is 0 Å². The van der Waals surface area contributed by atoms with E-state index >= 15 is 0 Å². The van der Waals surface area contributed by atoms with Gasteiger partial charge in [0.1, 0.15) is 11.6 Å². The van der Waals surface area contributed by atoms with Crippen molar-refractivity contribution in [2.24, 2.45) is 5.73 Å². The smallest absolute Gasteiger partial charge is 0.257 e. The van der Waals surface area contributed by atoms with E-state index in [1.54, 1.807) is 0 Å². The maximum Gasteiger partial charge on any atom is 0.257 e. The Labute approximate surface area is 98.2 Å². The maximum absolute atomic E-state index is 13.5. The molecule has 0 saturated carbocycles. The number of carbonyl (C=O) groups is 1. The third-order valence-electron chi connectivity index (χ3n) is 3.24. The van der Waals surface area contributed by atoms with Crippen LogP contribution in [-0.4, -0.2) is 29.4 Å². The summed E-state index contributed by atoms with van der Waals surface area (Å²) in [5.41, 5.74) is 5.69. The molecule has 1 aliphatic heterocycles. The van der Waals surface area contributed by atoms with Gasteiger partial charge in [0.05, 0.1) is 5.56 Å². The van der Waals surface area contributed by atoms with Crippen LogP contribution in [0.1, 0.15) is 23.7 Å². The second kappa shape index (κ2) is 4.41. The quantitative estimate of drug-likeness (QED) is 0.809. The van der Waals surface area contributed by atoms with Crippen molar-refractivity contribution in [1.29, 1.82) is 0 Å². The molecule has 5 heteroatoms. The fourth-order valence-corrected chi connectivity index (χ4v) is 2.07. The zero-order chi connectivity index (χ0) is 12.6. The van der Waals surface area contributed by atoms with Crippen molar-refractivity contribution in [3.8, 4) is 0 Å². The summed E-state index contributed by atoms with van der Waals surface area (Å²) in [4.78, 5) is 13.6. The van der Waals surface area contributed by atoms with Gasteiger partial charge in [0, 0.05) is 24.7 Å². The summed E-state index contributed by atoms with van der Waals surface area (Å²) in [5, 5.41) is 0. The van der Waals surface area contributed by atoms with Gasteiger partial charge in [0.15, 0.2) is 0 Å². The number of hydrogen-bond acceptors (Lipinski definition) is 2. The molecule has 0 spiro atoms. The zero-order valence-electron chi connectivity index (χ0n) is 9.49. The Kier molecular flexibility index (Phi) is 3.11. The van der Waals surface area contributed by atoms with Gasteiger partial charge >= 0.3 is 0 Å². The molecule has 2 rings (SSSR count). The van der Waals surface area contributed by atoms with E-state index in [0.29, 0.717) is 19.0 Å². The van der Waals surface area contributed by atoms with Crippen LogP contribution in [-0.2, 0) is 0 Å². The van der Waals surface area contributed by atoms with Gasteiger partial charge in [-0.15, -0.1) is 0 Å². The third kappa shape index (κ3) is 2.15. The standard InChI is InChI=1S/C12H14F2N2O/c1-7-11(15)4-5-16(7)12(17)9-3-2-8(13)6-10(9)14/h2-3,6-7,11H,4-5,15H2,1H3. The van der Waals surface area contributed by atoms with Crippen LogP contribution in [0.15, 0.2) is 18.2 Å². The molecule has 2 atom stereocenters. The van der Waals surface area contributed by atoms with Gasteiger partial charge < -0.3 is 10.6 Å². The summed E-state index contributed by atoms with van der Waals surface area (Å²) < 4.78 is 26.2. The first-order valence-corrected chi connectivity index (χ1v) is 5.52. The number of halogens is 2. The lowest BCUT2D eigenvalue weighted by Gasteiger charge is -2.23. The molecule has 1 aromatic rings. The third-order valence-corrected chi connectivity index (χ3v) is 3.24. The topological polar surface area (TPSA) is 46.3 Å². The minimum Gasteiger partial charge on any atom is -0.334 e. The summed E-state index contributed by atoms with van der Waals surface area (Å²) in [6, 6.07) is 2.77. The van der Waals surface area contributed by atoms with Crippen LogP contribution >= 0.6 is 0 Å². The molecule has 92 valence electrons. The Morgan fingerprint density at radius 1 is 1.47 bits per heavy atom. The summed E-state index contributed by atoms with van der Waals surface area (Å²) >= 11 is 0. The molecule has 1 amide bonds. The summed E-state index contributed by atoms with van der Waals surface area (Å²) in [6.07, 6.45) is 0.704. The minimum absolute atomic E-state index is 0.0811. The van der Waals surface area contributed by atoms with Gasteiger partial charge in [-0.05, 0) is 25.5 Å². The number of hydrogen-bond donors (Lipinski definition) is 1. The highest BCUT2D eigenvalue weighted by Crippen LogP contribution is 2.20. The molecular weight excluding hydrogens is 226 g/mol. The number of likely N-dealkylation sites (tertiary alicyclic amines) is 1. The number of carbonyl (C=O) groups excluding carboxylic acids is 1. The highest BCUT2D eigenvalue weighted by Gasteiger charge is 2.32. The summed E-state index contributed by atoms with van der Waals surface area (Å²) in [7, 11) is 0. The van der Waals surface area contributed by atoms with Crippen molar-refractivity contribution in [1.82, 2.24) is 4.90 Å². The van der Waals surface area contributed by atoms with Crippen molar-refractivity contribution in [3.63, 3.8) is 0 Å². The minimum atomic E-state index is -0.831. The first-order chi connectivity index (χ1) is 8.00. The van der Waals surface area contributed by atoms with Crippen molar-refractivity contribution in [2.45, 2.75) is 25.4 Å². The second-order valence-electron chi connectivity index (χ2n) is 4.32. The molecule has 1 fully saturated rings. The van der Waals surface area contributed by atoms with Crippen LogP contribution in [0.5, 0.6) is 0 Å². The van der Waals surface area contributed by atoms with Crippen LogP contribution in [0.2, 0.25) is 0 Å². The fourth-order valence-electron chi connectivity index (χ4n) is 2.07. The Balaban J connectivity index is 2.26. The highest BCUT2D eigenvalue weighted by atomic mass is 19.1. The van der Waals surface area contributed by atoms with Gasteiger partial charge in [-0.25, -0.2) is 8.78 Å². The average molecular weight is 240 g/mol. The molecular formula is C12H14F2N2O. The van der Waals surface area contributed by atoms with Crippen LogP contribution in [0.4, 0.5) is 8.78 Å². The number of benzene rings is 1. The first kappa shape index (κ1) is 12.0. The lowest BCUT2D eigenvalue weighted by molar-refractivity contribution is 0.0737. The zero-order valence-corrected chi connectivity index (χ0v) is 9.49. The SMILES string of the molecule is CC1C(N)CCN1C(=O)c1ccc(F)cc1F. The fraction of sp³-hybridized carbons (Fsp3) is 0.417. The monoisotopic (exact) mass is 240 g/mol. The number of amides is 1. The molecule has 2 unspecified atom stereocenters. The van der Waals surface area contributed by atoms with Gasteiger partial charge in [-0.1, -0.05) is 0 Å². The Hall–Kier alpha value is -1.49. The van der Waals surface area contributed by atoms with Gasteiger partial charge in [0.2, 0.25) is 0 Å². The molecule has 0 aromatic heterocycles. The van der Waals surface area contributed by atoms with E-state index in [4.69, 9.17) is 5.73 Å². The van der Waals surface area contributed by atoms with E-state index in [1.807, 2.05) is 6.92 Å². The van der Waals surface area contributed by atoms with E-state index in [9.17, 15) is 13.6 Å². The first-order valence-electron chi connectivity index (χ1n) is 5.52. The predicted molar refractivity (Wildman–Crippen MR) is 59.4 cm³/mol. The van der Waals surface area contributed by atoms with Crippen LogP contribution < -0.4 is 5.73 Å². The Morgan fingerprint density at radius 3 is 2.71 bits per heavy atom. The molecule has 1 saturated heterocycles. The van der Waals surface area contributed by atoms with Crippen molar-refractivity contribution < 1.29 is 13.6 Å². The molecule has 3 nitrogen and oxygen atoms in total. The van der Waals surface area contributed by atoms with Crippen LogP contribution in [0, 0.1) is 11.6 Å². The van der Waals surface area contributed by atoms with Gasteiger partial charge in [0.25, 0.3) is 5.91 Å². The summed E-state index contributed by atoms with van der Waals surface area (Å²) in [5.74, 6) is -1.95. The lowest BCUT2D eigenvalue weighted by Crippen LogP contribution is -2.40. The van der Waals surface area contributed by atoms with Crippen molar-refractivity contribution in [2.75, 3.05) is 6.54 Å². The normalized spacial score (nSPS) is 24.1. The summed E-state index contributed by atoms with van der Waals surface area (Å²) in [6.45, 7) is 2.34. The molecule has 1 heterocycles. The Bertz CT molecular complexity index is 450. The molecule has 0 radical (unpaired) electrons. The lowest BCUT2D eigenvalue weighted by atomic mass is 10.1. The van der Waals surface area contributed by atoms with E-state index in [-0.39, 0.29) is 17.6 Å². The van der Waals surface area contributed by atoms with E-state index in [2.05, 4.69) is 0 Å². The molecule has 1 aromatic carbocycles. The number of rotatable bonds is 1. The maximum atomic E-state index is 13.5. The molecule has 2 N–H and O–H groups in total. The van der Waals surface area contributed by atoms with Gasteiger partial charge in [-0.2, -0.15) is 0 Å². The molecule has 0 aliphatic carbocycles. The van der Waals surface area contributed by atoms with E-state index in [1.165, 1.54) is 11.0 Å². The number of nitrogens with two attached hydrogens (primary N) is 1. The van der Waals surface area contributed by atoms with Crippen LogP contribution in [0.3, 0.4) is 0 Å². The number of nitrogens with zero attached hydrogens (tertiary/aromatic N) is 1.